The van der Waals surface area contributed by atoms with Gasteiger partial charge in [0.2, 0.25) is 0 Å². The zero-order valence-corrected chi connectivity index (χ0v) is 9.58. The summed E-state index contributed by atoms with van der Waals surface area (Å²) < 4.78 is 0. The maximum absolute atomic E-state index is 3.64. The molecule has 2 unspecified atom stereocenters. The highest BCUT2D eigenvalue weighted by Crippen LogP contribution is 2.19. The first-order chi connectivity index (χ1) is 7.36. The van der Waals surface area contributed by atoms with Crippen LogP contribution in [0.5, 0.6) is 0 Å². The van der Waals surface area contributed by atoms with Crippen LogP contribution in [-0.2, 0) is 6.42 Å². The predicted octanol–water partition coefficient (Wildman–Crippen LogP) is 3.01. The van der Waals surface area contributed by atoms with E-state index in [1.54, 1.807) is 0 Å². The van der Waals surface area contributed by atoms with Crippen LogP contribution in [0.4, 0.5) is 0 Å². The summed E-state index contributed by atoms with van der Waals surface area (Å²) >= 11 is 0. The number of hydrogen-bond donors (Lipinski definition) is 1. The van der Waals surface area contributed by atoms with Gasteiger partial charge in [0.05, 0.1) is 0 Å². The van der Waals surface area contributed by atoms with Crippen molar-refractivity contribution in [1.29, 1.82) is 0 Å². The van der Waals surface area contributed by atoms with E-state index in [4.69, 9.17) is 0 Å². The molecule has 1 N–H and O–H groups in total. The van der Waals surface area contributed by atoms with E-state index in [1.165, 1.54) is 37.8 Å². The van der Waals surface area contributed by atoms with Crippen molar-refractivity contribution in [3.63, 3.8) is 0 Å². The third-order valence-electron chi connectivity index (χ3n) is 3.52. The largest absolute Gasteiger partial charge is 0.314 e. The fraction of sp³-hybridized carbons (Fsp3) is 0.571. The summed E-state index contributed by atoms with van der Waals surface area (Å²) in [6.07, 6.45) is 5.24. The molecule has 0 aliphatic carbocycles. The first-order valence-corrected chi connectivity index (χ1v) is 6.13. The maximum Gasteiger partial charge on any atom is 0.00958 e. The van der Waals surface area contributed by atoms with E-state index >= 15 is 0 Å². The van der Waals surface area contributed by atoms with E-state index < -0.39 is 0 Å². The monoisotopic (exact) mass is 203 g/mol. The number of hydrogen-bond acceptors (Lipinski definition) is 1. The molecule has 0 bridgehead atoms. The van der Waals surface area contributed by atoms with Crippen LogP contribution in [0.25, 0.3) is 0 Å². The zero-order valence-electron chi connectivity index (χ0n) is 9.58. The number of aryl methyl sites for hydroxylation is 1. The molecule has 1 aromatic rings. The van der Waals surface area contributed by atoms with Crippen molar-refractivity contribution < 1.29 is 0 Å². The van der Waals surface area contributed by atoms with Crippen LogP contribution < -0.4 is 5.32 Å². The van der Waals surface area contributed by atoms with Crippen LogP contribution >= 0.6 is 0 Å². The third-order valence-corrected chi connectivity index (χ3v) is 3.52. The summed E-state index contributed by atoms with van der Waals surface area (Å²) in [6, 6.07) is 11.5. The SMILES string of the molecule is CC1CCCNC1CCc1ccccc1. The van der Waals surface area contributed by atoms with Crippen molar-refractivity contribution in [1.82, 2.24) is 5.32 Å². The molecule has 1 fully saturated rings. The van der Waals surface area contributed by atoms with Crippen LogP contribution in [-0.4, -0.2) is 12.6 Å². The molecule has 2 rings (SSSR count). The molecule has 0 aromatic heterocycles. The maximum atomic E-state index is 3.64. The summed E-state index contributed by atoms with van der Waals surface area (Å²) in [5.74, 6) is 0.850. The topological polar surface area (TPSA) is 12.0 Å². The number of nitrogens with one attached hydrogen (secondary N) is 1. The fourth-order valence-corrected chi connectivity index (χ4v) is 2.47. The molecular weight excluding hydrogens is 182 g/mol. The second kappa shape index (κ2) is 5.32. The van der Waals surface area contributed by atoms with Gasteiger partial charge in [-0.2, -0.15) is 0 Å². The number of benzene rings is 1. The van der Waals surface area contributed by atoms with Gasteiger partial charge < -0.3 is 5.32 Å². The van der Waals surface area contributed by atoms with E-state index in [1.807, 2.05) is 0 Å². The Bertz CT molecular complexity index is 281. The molecule has 1 aliphatic rings. The average molecular weight is 203 g/mol. The van der Waals surface area contributed by atoms with Gasteiger partial charge in [0.25, 0.3) is 0 Å². The average Bonchev–Trinajstić information content (AvgIpc) is 2.29. The molecule has 1 aliphatic heterocycles. The van der Waals surface area contributed by atoms with Crippen molar-refractivity contribution in [2.45, 2.75) is 38.6 Å². The van der Waals surface area contributed by atoms with Crippen molar-refractivity contribution in [2.75, 3.05) is 6.54 Å². The summed E-state index contributed by atoms with van der Waals surface area (Å²) in [7, 11) is 0. The molecule has 0 spiro atoms. The second-order valence-corrected chi connectivity index (χ2v) is 4.70. The van der Waals surface area contributed by atoms with Crippen LogP contribution in [0.2, 0.25) is 0 Å². The first-order valence-electron chi connectivity index (χ1n) is 6.13. The minimum Gasteiger partial charge on any atom is -0.314 e. The molecule has 2 atom stereocenters. The van der Waals surface area contributed by atoms with Crippen molar-refractivity contribution >= 4 is 0 Å². The quantitative estimate of drug-likeness (QED) is 0.796. The van der Waals surface area contributed by atoms with E-state index in [-0.39, 0.29) is 0 Å². The Morgan fingerprint density at radius 2 is 2.07 bits per heavy atom. The van der Waals surface area contributed by atoms with Crippen LogP contribution in [0.3, 0.4) is 0 Å². The highest BCUT2D eigenvalue weighted by Gasteiger charge is 2.19. The Morgan fingerprint density at radius 3 is 2.80 bits per heavy atom. The lowest BCUT2D eigenvalue weighted by atomic mass is 9.89. The van der Waals surface area contributed by atoms with Gasteiger partial charge in [-0.05, 0) is 43.7 Å². The summed E-state index contributed by atoms with van der Waals surface area (Å²) in [5.41, 5.74) is 1.47. The van der Waals surface area contributed by atoms with Crippen LogP contribution in [0.15, 0.2) is 30.3 Å². The first kappa shape index (κ1) is 10.7. The normalized spacial score (nSPS) is 26.5. The Morgan fingerprint density at radius 1 is 1.27 bits per heavy atom. The molecule has 1 nitrogen and oxygen atoms in total. The molecular formula is C14H21N. The zero-order chi connectivity index (χ0) is 10.5. The van der Waals surface area contributed by atoms with Gasteiger partial charge in [-0.3, -0.25) is 0 Å². The lowest BCUT2D eigenvalue weighted by molar-refractivity contribution is 0.287. The van der Waals surface area contributed by atoms with Gasteiger partial charge in [0.1, 0.15) is 0 Å². The molecule has 1 heteroatoms. The van der Waals surface area contributed by atoms with Crippen molar-refractivity contribution in [2.24, 2.45) is 5.92 Å². The van der Waals surface area contributed by atoms with Gasteiger partial charge in [-0.1, -0.05) is 37.3 Å². The Hall–Kier alpha value is -0.820. The van der Waals surface area contributed by atoms with Gasteiger partial charge in [0.15, 0.2) is 0 Å². The van der Waals surface area contributed by atoms with Crippen molar-refractivity contribution in [3.8, 4) is 0 Å². The summed E-state index contributed by atoms with van der Waals surface area (Å²) in [6.45, 7) is 3.59. The molecule has 0 saturated carbocycles. The minimum absolute atomic E-state index is 0.735. The second-order valence-electron chi connectivity index (χ2n) is 4.70. The van der Waals surface area contributed by atoms with Gasteiger partial charge in [-0.25, -0.2) is 0 Å². The number of piperidine rings is 1. The standard InChI is InChI=1S/C14H21N/c1-12-6-5-11-15-14(12)10-9-13-7-3-2-4-8-13/h2-4,7-8,12,14-15H,5-6,9-11H2,1H3. The Balaban J connectivity index is 1.82. The highest BCUT2D eigenvalue weighted by molar-refractivity contribution is 5.14. The third kappa shape index (κ3) is 3.07. The van der Waals surface area contributed by atoms with E-state index in [2.05, 4.69) is 42.6 Å². The number of rotatable bonds is 3. The lowest BCUT2D eigenvalue weighted by Crippen LogP contribution is -2.40. The molecule has 1 saturated heterocycles. The molecule has 1 aromatic carbocycles. The van der Waals surface area contributed by atoms with E-state index in [0.717, 1.165) is 12.0 Å². The summed E-state index contributed by atoms with van der Waals surface area (Å²) in [4.78, 5) is 0. The minimum atomic E-state index is 0.735. The van der Waals surface area contributed by atoms with Crippen molar-refractivity contribution in [3.05, 3.63) is 35.9 Å². The van der Waals surface area contributed by atoms with Gasteiger partial charge in [0, 0.05) is 6.04 Å². The van der Waals surface area contributed by atoms with Gasteiger partial charge in [-0.15, -0.1) is 0 Å². The fourth-order valence-electron chi connectivity index (χ4n) is 2.47. The van der Waals surface area contributed by atoms with E-state index in [9.17, 15) is 0 Å². The molecule has 1 heterocycles. The van der Waals surface area contributed by atoms with Gasteiger partial charge >= 0.3 is 0 Å². The molecule has 0 amide bonds. The summed E-state index contributed by atoms with van der Waals surface area (Å²) in [5, 5.41) is 3.64. The Labute approximate surface area is 92.9 Å². The molecule has 15 heavy (non-hydrogen) atoms. The highest BCUT2D eigenvalue weighted by atomic mass is 14.9. The molecule has 82 valence electrons. The van der Waals surface area contributed by atoms with Crippen LogP contribution in [0, 0.1) is 5.92 Å². The smallest absolute Gasteiger partial charge is 0.00958 e. The predicted molar refractivity (Wildman–Crippen MR) is 65.0 cm³/mol. The van der Waals surface area contributed by atoms with Crippen LogP contribution in [0.1, 0.15) is 31.7 Å². The Kier molecular flexibility index (Phi) is 3.79. The lowest BCUT2D eigenvalue weighted by Gasteiger charge is -2.30. The molecule has 0 radical (unpaired) electrons. The van der Waals surface area contributed by atoms with E-state index in [0.29, 0.717) is 0 Å².